The lowest BCUT2D eigenvalue weighted by atomic mass is 9.90. The first-order chi connectivity index (χ1) is 15.8. The molecule has 0 aliphatic carbocycles. The van der Waals surface area contributed by atoms with Crippen LogP contribution >= 0.6 is 23.2 Å². The predicted octanol–water partition coefficient (Wildman–Crippen LogP) is 4.54. The summed E-state index contributed by atoms with van der Waals surface area (Å²) in [4.78, 5) is 18.5. The number of nitrogens with zero attached hydrogens (tertiary/aromatic N) is 4. The quantitative estimate of drug-likeness (QED) is 0.435. The van der Waals surface area contributed by atoms with Crippen molar-refractivity contribution >= 4 is 40.6 Å². The highest BCUT2D eigenvalue weighted by Gasteiger charge is 2.49. The fourth-order valence-electron chi connectivity index (χ4n) is 4.32. The van der Waals surface area contributed by atoms with E-state index in [2.05, 4.69) is 5.32 Å². The van der Waals surface area contributed by atoms with Crippen LogP contribution in [0.1, 0.15) is 5.56 Å². The standard InChI is InChI=1S/C24H21Cl2N5O2/c1-14-11-28-21-19(15-7-9-16(25)10-8-15)20(17-5-3-4-6-18(17)26)29-31(21)22(14)30-12-24(13-30,27-2)23(32)33/h3-11,27H,12-13H2,1-2H3,(H,32,33). The van der Waals surface area contributed by atoms with Crippen LogP contribution in [-0.4, -0.2) is 51.4 Å². The number of aliphatic carboxylic acids is 1. The summed E-state index contributed by atoms with van der Waals surface area (Å²) in [6.07, 6.45) is 1.79. The minimum atomic E-state index is -0.986. The Morgan fingerprint density at radius 3 is 2.45 bits per heavy atom. The van der Waals surface area contributed by atoms with E-state index in [9.17, 15) is 9.90 Å². The van der Waals surface area contributed by atoms with Gasteiger partial charge >= 0.3 is 5.97 Å². The van der Waals surface area contributed by atoms with Crippen LogP contribution in [0.2, 0.25) is 10.0 Å². The SMILES string of the molecule is CNC1(C(=O)O)CN(c2c(C)cnc3c(-c4ccc(Cl)cc4)c(-c4ccccc4Cl)nn23)C1. The average Bonchev–Trinajstić information content (AvgIpc) is 3.14. The van der Waals surface area contributed by atoms with Crippen LogP contribution in [0.15, 0.2) is 54.7 Å². The summed E-state index contributed by atoms with van der Waals surface area (Å²) in [5.41, 5.74) is 3.79. The Hall–Kier alpha value is -3.13. The number of carbonyl (C=O) groups is 1. The van der Waals surface area contributed by atoms with Crippen LogP contribution in [-0.2, 0) is 4.79 Å². The van der Waals surface area contributed by atoms with Crippen molar-refractivity contribution in [2.24, 2.45) is 0 Å². The molecule has 0 amide bonds. The lowest BCUT2D eigenvalue weighted by Gasteiger charge is -2.48. The first-order valence-electron chi connectivity index (χ1n) is 10.4. The summed E-state index contributed by atoms with van der Waals surface area (Å²) >= 11 is 12.7. The third-order valence-corrected chi connectivity index (χ3v) is 6.75. The fraction of sp³-hybridized carbons (Fsp3) is 0.208. The average molecular weight is 482 g/mol. The third kappa shape index (κ3) is 3.44. The number of carboxylic acids is 1. The summed E-state index contributed by atoms with van der Waals surface area (Å²) in [5.74, 6) is -0.0658. The number of hydrogen-bond acceptors (Lipinski definition) is 5. The summed E-state index contributed by atoms with van der Waals surface area (Å²) in [6.45, 7) is 2.58. The Labute approximate surface area is 200 Å². The van der Waals surface area contributed by atoms with Crippen LogP contribution in [0.5, 0.6) is 0 Å². The zero-order valence-electron chi connectivity index (χ0n) is 18.0. The van der Waals surface area contributed by atoms with Gasteiger partial charge in [0, 0.05) is 22.3 Å². The van der Waals surface area contributed by atoms with E-state index in [1.54, 1.807) is 17.8 Å². The molecule has 0 radical (unpaired) electrons. The van der Waals surface area contributed by atoms with Crippen molar-refractivity contribution in [1.29, 1.82) is 0 Å². The van der Waals surface area contributed by atoms with Crippen molar-refractivity contribution in [2.45, 2.75) is 12.5 Å². The van der Waals surface area contributed by atoms with E-state index < -0.39 is 11.5 Å². The molecule has 3 heterocycles. The second-order valence-electron chi connectivity index (χ2n) is 8.20. The number of likely N-dealkylation sites (N-methyl/N-ethyl adjacent to an activating group) is 1. The second kappa shape index (κ2) is 8.02. The number of carboxylic acid groups (broad SMARTS) is 1. The molecule has 2 aromatic carbocycles. The normalized spacial score (nSPS) is 15.0. The van der Waals surface area contributed by atoms with Gasteiger partial charge in [-0.25, -0.2) is 4.98 Å². The molecule has 9 heteroatoms. The van der Waals surface area contributed by atoms with Crippen molar-refractivity contribution in [2.75, 3.05) is 25.0 Å². The fourth-order valence-corrected chi connectivity index (χ4v) is 4.67. The molecule has 0 saturated carbocycles. The molecule has 0 bridgehead atoms. The van der Waals surface area contributed by atoms with E-state index in [0.29, 0.717) is 34.5 Å². The molecule has 7 nitrogen and oxygen atoms in total. The van der Waals surface area contributed by atoms with E-state index >= 15 is 0 Å². The lowest BCUT2D eigenvalue weighted by molar-refractivity contribution is -0.145. The second-order valence-corrected chi connectivity index (χ2v) is 9.05. The van der Waals surface area contributed by atoms with Gasteiger partial charge in [-0.1, -0.05) is 53.5 Å². The zero-order valence-corrected chi connectivity index (χ0v) is 19.5. The maximum absolute atomic E-state index is 11.8. The van der Waals surface area contributed by atoms with E-state index in [0.717, 1.165) is 28.1 Å². The van der Waals surface area contributed by atoms with E-state index in [1.165, 1.54) is 0 Å². The Morgan fingerprint density at radius 1 is 1.12 bits per heavy atom. The summed E-state index contributed by atoms with van der Waals surface area (Å²) in [5, 5.41) is 18.8. The van der Waals surface area contributed by atoms with Gasteiger partial charge in [-0.2, -0.15) is 9.61 Å². The van der Waals surface area contributed by atoms with Gasteiger partial charge in [-0.05, 0) is 37.7 Å². The highest BCUT2D eigenvalue weighted by atomic mass is 35.5. The molecule has 0 atom stereocenters. The van der Waals surface area contributed by atoms with Gasteiger partial charge < -0.3 is 15.3 Å². The van der Waals surface area contributed by atoms with Crippen molar-refractivity contribution in [3.05, 3.63) is 70.3 Å². The molecular weight excluding hydrogens is 461 g/mol. The van der Waals surface area contributed by atoms with Gasteiger partial charge in [-0.15, -0.1) is 0 Å². The van der Waals surface area contributed by atoms with Gasteiger partial charge in [0.2, 0.25) is 0 Å². The van der Waals surface area contributed by atoms with Crippen molar-refractivity contribution in [1.82, 2.24) is 19.9 Å². The monoisotopic (exact) mass is 481 g/mol. The van der Waals surface area contributed by atoms with Gasteiger partial charge in [0.05, 0.1) is 23.7 Å². The number of halogens is 2. The molecule has 1 aliphatic rings. The number of rotatable bonds is 5. The van der Waals surface area contributed by atoms with Crippen molar-refractivity contribution in [3.63, 3.8) is 0 Å². The predicted molar refractivity (Wildman–Crippen MR) is 130 cm³/mol. The Bertz CT molecular complexity index is 1380. The molecule has 2 aromatic heterocycles. The molecular formula is C24H21Cl2N5O2. The third-order valence-electron chi connectivity index (χ3n) is 6.17. The van der Waals surface area contributed by atoms with Gasteiger partial charge in [-0.3, -0.25) is 4.79 Å². The van der Waals surface area contributed by atoms with Gasteiger partial charge in [0.15, 0.2) is 11.2 Å². The van der Waals surface area contributed by atoms with Crippen LogP contribution < -0.4 is 10.2 Å². The molecule has 5 rings (SSSR count). The molecule has 4 aromatic rings. The lowest BCUT2D eigenvalue weighted by Crippen LogP contribution is -2.73. The highest BCUT2D eigenvalue weighted by Crippen LogP contribution is 2.40. The number of aryl methyl sites for hydroxylation is 1. The van der Waals surface area contributed by atoms with Crippen molar-refractivity contribution in [3.8, 4) is 22.4 Å². The van der Waals surface area contributed by atoms with Gasteiger partial charge in [0.1, 0.15) is 11.5 Å². The van der Waals surface area contributed by atoms with Crippen LogP contribution in [0.25, 0.3) is 28.0 Å². The molecule has 0 unspecified atom stereocenters. The summed E-state index contributed by atoms with van der Waals surface area (Å²) in [6, 6.07) is 15.1. The van der Waals surface area contributed by atoms with Crippen LogP contribution in [0, 0.1) is 6.92 Å². The highest BCUT2D eigenvalue weighted by molar-refractivity contribution is 6.33. The minimum Gasteiger partial charge on any atom is -0.480 e. The molecule has 1 fully saturated rings. The van der Waals surface area contributed by atoms with Crippen LogP contribution in [0.3, 0.4) is 0 Å². The van der Waals surface area contributed by atoms with Crippen molar-refractivity contribution < 1.29 is 9.90 Å². The maximum Gasteiger partial charge on any atom is 0.327 e. The number of anilines is 1. The zero-order chi connectivity index (χ0) is 23.3. The molecule has 1 saturated heterocycles. The number of aromatic nitrogens is 3. The molecule has 1 aliphatic heterocycles. The maximum atomic E-state index is 11.8. The van der Waals surface area contributed by atoms with Crippen LogP contribution in [0.4, 0.5) is 5.82 Å². The Balaban J connectivity index is 1.74. The molecule has 33 heavy (non-hydrogen) atoms. The number of benzene rings is 2. The van der Waals surface area contributed by atoms with Gasteiger partial charge in [0.25, 0.3) is 0 Å². The van der Waals surface area contributed by atoms with E-state index in [-0.39, 0.29) is 0 Å². The molecule has 2 N–H and O–H groups in total. The first-order valence-corrected chi connectivity index (χ1v) is 11.2. The number of fused-ring (bicyclic) bond motifs is 1. The summed E-state index contributed by atoms with van der Waals surface area (Å²) < 4.78 is 1.79. The number of hydrogen-bond donors (Lipinski definition) is 2. The largest absolute Gasteiger partial charge is 0.480 e. The Kier molecular flexibility index (Phi) is 5.28. The topological polar surface area (TPSA) is 82.8 Å². The first kappa shape index (κ1) is 21.7. The van der Waals surface area contributed by atoms with E-state index in [1.807, 2.05) is 60.4 Å². The summed E-state index contributed by atoms with van der Waals surface area (Å²) in [7, 11) is 1.67. The van der Waals surface area contributed by atoms with E-state index in [4.69, 9.17) is 33.3 Å². The Morgan fingerprint density at radius 2 is 1.82 bits per heavy atom. The number of nitrogens with one attached hydrogen (secondary N) is 1. The molecule has 0 spiro atoms. The smallest absolute Gasteiger partial charge is 0.327 e. The minimum absolute atomic E-state index is 0.316. The molecule has 168 valence electrons.